The number of carbonyl (C=O) groups excluding carboxylic acids is 2. The van der Waals surface area contributed by atoms with Crippen LogP contribution < -0.4 is 5.32 Å². The van der Waals surface area contributed by atoms with Crippen molar-refractivity contribution < 1.29 is 14.3 Å². The fraction of sp³-hybridized carbons (Fsp3) is 0.391. The first kappa shape index (κ1) is 20.9. The smallest absolute Gasteiger partial charge is 0.410 e. The Hall–Kier alpha value is -2.86. The van der Waals surface area contributed by atoms with E-state index in [2.05, 4.69) is 10.2 Å². The molecule has 1 N–H and O–H groups in total. The highest BCUT2D eigenvalue weighted by Gasteiger charge is 2.22. The van der Waals surface area contributed by atoms with E-state index in [-0.39, 0.29) is 12.0 Å². The van der Waals surface area contributed by atoms with Gasteiger partial charge in [0.25, 0.3) is 0 Å². The minimum atomic E-state index is -0.277. The lowest BCUT2D eigenvalue weighted by molar-refractivity contribution is -0.116. The van der Waals surface area contributed by atoms with Crippen molar-refractivity contribution in [1.29, 1.82) is 0 Å². The molecule has 6 heteroatoms. The number of ether oxygens (including phenoxy) is 1. The van der Waals surface area contributed by atoms with Gasteiger partial charge >= 0.3 is 6.09 Å². The number of hydrogen-bond donors (Lipinski definition) is 1. The average Bonchev–Trinajstić information content (AvgIpc) is 2.74. The van der Waals surface area contributed by atoms with E-state index in [1.165, 1.54) is 0 Å². The molecule has 0 aromatic heterocycles. The summed E-state index contributed by atoms with van der Waals surface area (Å²) in [6.07, 6.45) is 0.160. The molecule has 1 fully saturated rings. The van der Waals surface area contributed by atoms with E-state index in [1.807, 2.05) is 62.4 Å². The van der Waals surface area contributed by atoms with Crippen molar-refractivity contribution in [2.24, 2.45) is 0 Å². The van der Waals surface area contributed by atoms with Crippen LogP contribution in [-0.2, 0) is 16.1 Å². The molecule has 0 radical (unpaired) electrons. The number of benzene rings is 2. The molecule has 0 atom stereocenters. The number of nitrogens with zero attached hydrogens (tertiary/aromatic N) is 2. The Morgan fingerprint density at radius 1 is 0.931 bits per heavy atom. The summed E-state index contributed by atoms with van der Waals surface area (Å²) in [6.45, 7) is 7.70. The van der Waals surface area contributed by atoms with E-state index in [0.717, 1.165) is 35.5 Å². The average molecular weight is 396 g/mol. The van der Waals surface area contributed by atoms with Crippen molar-refractivity contribution in [3.63, 3.8) is 0 Å². The van der Waals surface area contributed by atoms with E-state index >= 15 is 0 Å². The number of amides is 2. The van der Waals surface area contributed by atoms with Gasteiger partial charge < -0.3 is 15.0 Å². The van der Waals surface area contributed by atoms with Gasteiger partial charge in [-0.3, -0.25) is 9.69 Å². The second-order valence-corrected chi connectivity index (χ2v) is 7.43. The second kappa shape index (κ2) is 10.1. The van der Waals surface area contributed by atoms with E-state index in [4.69, 9.17) is 4.74 Å². The summed E-state index contributed by atoms with van der Waals surface area (Å²) in [4.78, 5) is 28.5. The number of piperazine rings is 1. The van der Waals surface area contributed by atoms with Crippen LogP contribution in [0, 0.1) is 13.8 Å². The Kier molecular flexibility index (Phi) is 7.25. The summed E-state index contributed by atoms with van der Waals surface area (Å²) in [7, 11) is 0. The number of rotatable bonds is 6. The van der Waals surface area contributed by atoms with E-state index in [0.29, 0.717) is 32.7 Å². The molecule has 29 heavy (non-hydrogen) atoms. The van der Waals surface area contributed by atoms with Crippen molar-refractivity contribution >= 4 is 17.7 Å². The van der Waals surface area contributed by atoms with Gasteiger partial charge in [0.15, 0.2) is 0 Å². The van der Waals surface area contributed by atoms with Gasteiger partial charge in [0, 0.05) is 44.8 Å². The summed E-state index contributed by atoms with van der Waals surface area (Å²) in [5.74, 6) is 0.0205. The molecule has 2 aromatic rings. The van der Waals surface area contributed by atoms with Gasteiger partial charge in [-0.15, -0.1) is 0 Å². The zero-order chi connectivity index (χ0) is 20.6. The molecule has 2 aromatic carbocycles. The molecule has 0 aliphatic carbocycles. The van der Waals surface area contributed by atoms with Gasteiger partial charge in [0.1, 0.15) is 6.61 Å². The summed E-state index contributed by atoms with van der Waals surface area (Å²) in [5.41, 5.74) is 4.03. The largest absolute Gasteiger partial charge is 0.445 e. The number of aryl methyl sites for hydroxylation is 2. The number of hydrogen-bond acceptors (Lipinski definition) is 4. The summed E-state index contributed by atoms with van der Waals surface area (Å²) >= 11 is 0. The molecule has 2 amide bonds. The summed E-state index contributed by atoms with van der Waals surface area (Å²) < 4.78 is 5.39. The molecule has 154 valence electrons. The van der Waals surface area contributed by atoms with Gasteiger partial charge in [-0.25, -0.2) is 4.79 Å². The normalized spacial score (nSPS) is 14.5. The molecule has 0 spiro atoms. The van der Waals surface area contributed by atoms with E-state index in [1.54, 1.807) is 4.90 Å². The van der Waals surface area contributed by atoms with E-state index in [9.17, 15) is 9.59 Å². The molecule has 0 saturated carbocycles. The van der Waals surface area contributed by atoms with Crippen molar-refractivity contribution in [1.82, 2.24) is 9.80 Å². The van der Waals surface area contributed by atoms with Crippen LogP contribution in [0.3, 0.4) is 0 Å². The SMILES string of the molecule is Cc1cccc(C)c1NC(=O)CCN1CCN(C(=O)OCc2ccccc2)CC1. The molecule has 1 aliphatic rings. The van der Waals surface area contributed by atoms with Crippen LogP contribution >= 0.6 is 0 Å². The molecule has 0 unspecified atom stereocenters. The predicted octanol–water partition coefficient (Wildman–Crippen LogP) is 3.59. The molecule has 0 bridgehead atoms. The molecule has 6 nitrogen and oxygen atoms in total. The predicted molar refractivity (Wildman–Crippen MR) is 114 cm³/mol. The van der Waals surface area contributed by atoms with Crippen LogP contribution in [0.15, 0.2) is 48.5 Å². The minimum Gasteiger partial charge on any atom is -0.445 e. The van der Waals surface area contributed by atoms with Crippen molar-refractivity contribution in [2.45, 2.75) is 26.9 Å². The molecule has 1 saturated heterocycles. The van der Waals surface area contributed by atoms with Gasteiger partial charge in [0.2, 0.25) is 5.91 Å². The highest BCUT2D eigenvalue weighted by molar-refractivity contribution is 5.92. The fourth-order valence-electron chi connectivity index (χ4n) is 3.44. The highest BCUT2D eigenvalue weighted by Crippen LogP contribution is 2.19. The topological polar surface area (TPSA) is 61.9 Å². The lowest BCUT2D eigenvalue weighted by Crippen LogP contribution is -2.49. The minimum absolute atomic E-state index is 0.0205. The maximum absolute atomic E-state index is 12.3. The van der Waals surface area contributed by atoms with Crippen molar-refractivity contribution in [2.75, 3.05) is 38.0 Å². The third-order valence-electron chi connectivity index (χ3n) is 5.24. The monoisotopic (exact) mass is 395 g/mol. The Labute approximate surface area is 172 Å². The molecular weight excluding hydrogens is 366 g/mol. The number of carbonyl (C=O) groups is 2. The van der Waals surface area contributed by atoms with Crippen LogP contribution in [0.4, 0.5) is 10.5 Å². The first-order valence-electron chi connectivity index (χ1n) is 10.1. The fourth-order valence-corrected chi connectivity index (χ4v) is 3.44. The Bertz CT molecular complexity index is 810. The molecular formula is C23H29N3O3. The third-order valence-corrected chi connectivity index (χ3v) is 5.24. The highest BCUT2D eigenvalue weighted by atomic mass is 16.6. The quantitative estimate of drug-likeness (QED) is 0.812. The molecule has 1 heterocycles. The van der Waals surface area contributed by atoms with Crippen LogP contribution in [-0.4, -0.2) is 54.5 Å². The lowest BCUT2D eigenvalue weighted by atomic mass is 10.1. The zero-order valence-corrected chi connectivity index (χ0v) is 17.2. The second-order valence-electron chi connectivity index (χ2n) is 7.43. The first-order chi connectivity index (χ1) is 14.0. The van der Waals surface area contributed by atoms with Crippen molar-refractivity contribution in [3.05, 3.63) is 65.2 Å². The van der Waals surface area contributed by atoms with Gasteiger partial charge in [-0.1, -0.05) is 48.5 Å². The molecule has 1 aliphatic heterocycles. The Morgan fingerprint density at radius 3 is 2.24 bits per heavy atom. The zero-order valence-electron chi connectivity index (χ0n) is 17.2. The first-order valence-corrected chi connectivity index (χ1v) is 10.1. The number of para-hydroxylation sites is 1. The third kappa shape index (κ3) is 6.06. The standard InChI is InChI=1S/C23H29N3O3/c1-18-7-6-8-19(2)22(18)24-21(27)11-12-25-13-15-26(16-14-25)23(28)29-17-20-9-4-3-5-10-20/h3-10H,11-17H2,1-2H3,(H,24,27). The maximum Gasteiger partial charge on any atom is 0.410 e. The number of nitrogens with one attached hydrogen (secondary N) is 1. The van der Waals surface area contributed by atoms with Crippen LogP contribution in [0.1, 0.15) is 23.1 Å². The van der Waals surface area contributed by atoms with Crippen LogP contribution in [0.5, 0.6) is 0 Å². The van der Waals surface area contributed by atoms with Gasteiger partial charge in [-0.2, -0.15) is 0 Å². The maximum atomic E-state index is 12.3. The lowest BCUT2D eigenvalue weighted by Gasteiger charge is -2.33. The number of anilines is 1. The van der Waals surface area contributed by atoms with Crippen LogP contribution in [0.2, 0.25) is 0 Å². The summed E-state index contributed by atoms with van der Waals surface area (Å²) in [6, 6.07) is 15.7. The van der Waals surface area contributed by atoms with Crippen molar-refractivity contribution in [3.8, 4) is 0 Å². The van der Waals surface area contributed by atoms with Crippen LogP contribution in [0.25, 0.3) is 0 Å². The van der Waals surface area contributed by atoms with E-state index < -0.39 is 0 Å². The summed E-state index contributed by atoms with van der Waals surface area (Å²) in [5, 5.41) is 3.03. The molecule has 3 rings (SSSR count). The Morgan fingerprint density at radius 2 is 1.59 bits per heavy atom. The Balaban J connectivity index is 1.37. The van der Waals surface area contributed by atoms with Gasteiger partial charge in [0.05, 0.1) is 0 Å². The van der Waals surface area contributed by atoms with Gasteiger partial charge in [-0.05, 0) is 30.5 Å².